The van der Waals surface area contributed by atoms with Crippen LogP contribution in [0.1, 0.15) is 39.5 Å². The van der Waals surface area contributed by atoms with Gasteiger partial charge in [0.25, 0.3) is 0 Å². The highest BCUT2D eigenvalue weighted by molar-refractivity contribution is 5.76. The molecule has 1 rings (SSSR count). The molecule has 0 radical (unpaired) electrons. The Balaban J connectivity index is 2.52. The smallest absolute Gasteiger partial charge is 0.220 e. The summed E-state index contributed by atoms with van der Waals surface area (Å²) in [5.41, 5.74) is 0. The Kier molecular flexibility index (Phi) is 2.92. The molecule has 1 N–H and O–H groups in total. The molecule has 2 atom stereocenters. The van der Waals surface area contributed by atoms with Crippen molar-refractivity contribution in [1.82, 2.24) is 5.32 Å². The molecule has 1 aliphatic heterocycles. The van der Waals surface area contributed by atoms with Gasteiger partial charge in [-0.2, -0.15) is 0 Å². The second-order valence-corrected chi connectivity index (χ2v) is 3.45. The van der Waals surface area contributed by atoms with E-state index in [1.165, 1.54) is 6.42 Å². The van der Waals surface area contributed by atoms with Gasteiger partial charge in [0.2, 0.25) is 5.91 Å². The number of amides is 1. The minimum Gasteiger partial charge on any atom is -0.353 e. The molecule has 1 aliphatic rings. The second-order valence-electron chi connectivity index (χ2n) is 3.45. The van der Waals surface area contributed by atoms with E-state index < -0.39 is 0 Å². The molecule has 0 aromatic heterocycles. The van der Waals surface area contributed by atoms with Gasteiger partial charge >= 0.3 is 0 Å². The largest absolute Gasteiger partial charge is 0.353 e. The summed E-state index contributed by atoms with van der Waals surface area (Å²) in [4.78, 5) is 11.1. The zero-order valence-electron chi connectivity index (χ0n) is 7.39. The topological polar surface area (TPSA) is 29.1 Å². The molecule has 64 valence electrons. The maximum absolute atomic E-state index is 11.1. The van der Waals surface area contributed by atoms with Gasteiger partial charge in [-0.3, -0.25) is 4.79 Å². The van der Waals surface area contributed by atoms with Gasteiger partial charge in [0.1, 0.15) is 0 Å². The molecule has 2 heteroatoms. The summed E-state index contributed by atoms with van der Waals surface area (Å²) in [6, 6.07) is 0.421. The van der Waals surface area contributed by atoms with Crippen LogP contribution in [-0.4, -0.2) is 11.9 Å². The molecule has 0 saturated carbocycles. The van der Waals surface area contributed by atoms with Crippen LogP contribution in [0, 0.1) is 5.92 Å². The lowest BCUT2D eigenvalue weighted by atomic mass is 9.96. The quantitative estimate of drug-likeness (QED) is 0.613. The fourth-order valence-corrected chi connectivity index (χ4v) is 1.71. The van der Waals surface area contributed by atoms with E-state index in [0.717, 1.165) is 19.3 Å². The van der Waals surface area contributed by atoms with E-state index in [1.54, 1.807) is 0 Å². The highest BCUT2D eigenvalue weighted by Gasteiger charge is 2.20. The lowest BCUT2D eigenvalue weighted by Crippen LogP contribution is -2.36. The fourth-order valence-electron chi connectivity index (χ4n) is 1.71. The number of rotatable bonds is 1. The second kappa shape index (κ2) is 3.74. The molecule has 11 heavy (non-hydrogen) atoms. The van der Waals surface area contributed by atoms with Crippen LogP contribution in [0.15, 0.2) is 0 Å². The molecule has 1 heterocycles. The Morgan fingerprint density at radius 1 is 1.64 bits per heavy atom. The molecular formula is C9H17NO. The minimum absolute atomic E-state index is 0.237. The molecule has 2 nitrogen and oxygen atoms in total. The van der Waals surface area contributed by atoms with Gasteiger partial charge in [0.05, 0.1) is 0 Å². The van der Waals surface area contributed by atoms with E-state index in [2.05, 4.69) is 19.2 Å². The first-order chi connectivity index (χ1) is 5.24. The maximum atomic E-state index is 11.1. The first kappa shape index (κ1) is 8.57. The summed E-state index contributed by atoms with van der Waals surface area (Å²) in [7, 11) is 0. The SMILES string of the molecule is CCC1NC(=O)CCCC1C. The van der Waals surface area contributed by atoms with Crippen LogP contribution in [-0.2, 0) is 4.79 Å². The van der Waals surface area contributed by atoms with Crippen molar-refractivity contribution in [2.24, 2.45) is 5.92 Å². The van der Waals surface area contributed by atoms with E-state index in [9.17, 15) is 4.79 Å². The number of carbonyl (C=O) groups excluding carboxylic acids is 1. The third-order valence-electron chi connectivity index (χ3n) is 2.54. The van der Waals surface area contributed by atoms with Crippen molar-refractivity contribution in [1.29, 1.82) is 0 Å². The zero-order valence-corrected chi connectivity index (χ0v) is 7.39. The van der Waals surface area contributed by atoms with Crippen LogP contribution in [0.3, 0.4) is 0 Å². The molecule has 0 aromatic carbocycles. The van der Waals surface area contributed by atoms with Crippen molar-refractivity contribution in [3.63, 3.8) is 0 Å². The van der Waals surface area contributed by atoms with Crippen molar-refractivity contribution in [3.8, 4) is 0 Å². The highest BCUT2D eigenvalue weighted by Crippen LogP contribution is 2.18. The van der Waals surface area contributed by atoms with Crippen LogP contribution in [0.5, 0.6) is 0 Å². The average molecular weight is 155 g/mol. The van der Waals surface area contributed by atoms with Gasteiger partial charge in [-0.05, 0) is 25.2 Å². The molecule has 1 fully saturated rings. The Hall–Kier alpha value is -0.530. The third-order valence-corrected chi connectivity index (χ3v) is 2.54. The number of carbonyl (C=O) groups is 1. The average Bonchev–Trinajstić information content (AvgIpc) is 2.13. The molecule has 0 bridgehead atoms. The molecule has 1 saturated heterocycles. The van der Waals surface area contributed by atoms with E-state index in [0.29, 0.717) is 12.0 Å². The fraction of sp³-hybridized carbons (Fsp3) is 0.889. The van der Waals surface area contributed by atoms with E-state index in [1.807, 2.05) is 0 Å². The summed E-state index contributed by atoms with van der Waals surface area (Å²) in [6.45, 7) is 4.35. The predicted molar refractivity (Wildman–Crippen MR) is 45.2 cm³/mol. The summed E-state index contributed by atoms with van der Waals surface area (Å²) < 4.78 is 0. The molecule has 0 aromatic rings. The van der Waals surface area contributed by atoms with Gasteiger partial charge in [-0.1, -0.05) is 13.8 Å². The lowest BCUT2D eigenvalue weighted by molar-refractivity contribution is -0.121. The van der Waals surface area contributed by atoms with Crippen molar-refractivity contribution in [2.75, 3.05) is 0 Å². The molecule has 1 amide bonds. The van der Waals surface area contributed by atoms with Gasteiger partial charge in [0.15, 0.2) is 0 Å². The van der Waals surface area contributed by atoms with E-state index >= 15 is 0 Å². The van der Waals surface area contributed by atoms with Crippen molar-refractivity contribution < 1.29 is 4.79 Å². The Morgan fingerprint density at radius 3 is 3.00 bits per heavy atom. The van der Waals surface area contributed by atoms with Gasteiger partial charge in [-0.15, -0.1) is 0 Å². The Morgan fingerprint density at radius 2 is 2.36 bits per heavy atom. The number of hydrogen-bond acceptors (Lipinski definition) is 1. The monoisotopic (exact) mass is 155 g/mol. The summed E-state index contributed by atoms with van der Waals surface area (Å²) in [5, 5.41) is 3.04. The van der Waals surface area contributed by atoms with E-state index in [-0.39, 0.29) is 5.91 Å². The molecule has 2 unspecified atom stereocenters. The first-order valence-electron chi connectivity index (χ1n) is 4.53. The molecule has 0 spiro atoms. The van der Waals surface area contributed by atoms with Gasteiger partial charge in [0, 0.05) is 12.5 Å². The van der Waals surface area contributed by atoms with Crippen LogP contribution in [0.2, 0.25) is 0 Å². The Bertz CT molecular complexity index is 144. The standard InChI is InChI=1S/C9H17NO/c1-3-8-7(2)5-4-6-9(11)10-8/h7-8H,3-6H2,1-2H3,(H,10,11). The Labute approximate surface area is 68.4 Å². The van der Waals surface area contributed by atoms with E-state index in [4.69, 9.17) is 0 Å². The normalized spacial score (nSPS) is 32.7. The minimum atomic E-state index is 0.237. The highest BCUT2D eigenvalue weighted by atomic mass is 16.1. The zero-order chi connectivity index (χ0) is 8.27. The lowest BCUT2D eigenvalue weighted by Gasteiger charge is -2.19. The van der Waals surface area contributed by atoms with Crippen molar-refractivity contribution >= 4 is 5.91 Å². The number of hydrogen-bond donors (Lipinski definition) is 1. The van der Waals surface area contributed by atoms with Crippen LogP contribution in [0.4, 0.5) is 0 Å². The first-order valence-corrected chi connectivity index (χ1v) is 4.53. The number of nitrogens with one attached hydrogen (secondary N) is 1. The van der Waals surface area contributed by atoms with Gasteiger partial charge in [-0.25, -0.2) is 0 Å². The van der Waals surface area contributed by atoms with Crippen molar-refractivity contribution in [2.45, 2.75) is 45.6 Å². The predicted octanol–water partition coefficient (Wildman–Crippen LogP) is 1.70. The van der Waals surface area contributed by atoms with Crippen molar-refractivity contribution in [3.05, 3.63) is 0 Å². The van der Waals surface area contributed by atoms with Crippen LogP contribution < -0.4 is 5.32 Å². The molecule has 0 aliphatic carbocycles. The van der Waals surface area contributed by atoms with Crippen LogP contribution in [0.25, 0.3) is 0 Å². The maximum Gasteiger partial charge on any atom is 0.220 e. The summed E-state index contributed by atoms with van der Waals surface area (Å²) >= 11 is 0. The van der Waals surface area contributed by atoms with Gasteiger partial charge < -0.3 is 5.32 Å². The summed E-state index contributed by atoms with van der Waals surface area (Å²) in [5.74, 6) is 0.896. The van der Waals surface area contributed by atoms with Crippen LogP contribution >= 0.6 is 0 Å². The summed E-state index contributed by atoms with van der Waals surface area (Å²) in [6.07, 6.45) is 4.04. The third kappa shape index (κ3) is 2.21. The molecular weight excluding hydrogens is 138 g/mol.